The molecule has 2 rings (SSSR count). The molecule has 0 aliphatic heterocycles. The number of allylic oxidation sites excluding steroid dienone is 1. The molecular weight excluding hydrogens is 321 g/mol. The average molecular weight is 338 g/mol. The van der Waals surface area contributed by atoms with E-state index >= 15 is 0 Å². The van der Waals surface area contributed by atoms with Crippen molar-refractivity contribution in [1.29, 1.82) is 0 Å². The first-order valence-electron chi connectivity index (χ1n) is 7.19. The first kappa shape index (κ1) is 17.7. The Labute approximate surface area is 137 Å². The molecule has 1 atom stereocenters. The van der Waals surface area contributed by atoms with Crippen LogP contribution in [0.1, 0.15) is 36.8 Å². The zero-order chi connectivity index (χ0) is 17.9. The Kier molecular flexibility index (Phi) is 5.06. The molecule has 24 heavy (non-hydrogen) atoms. The van der Waals surface area contributed by atoms with E-state index in [1.807, 2.05) is 0 Å². The third-order valence-corrected chi connectivity index (χ3v) is 3.51. The molecule has 0 aliphatic rings. The van der Waals surface area contributed by atoms with Gasteiger partial charge in [0.1, 0.15) is 6.33 Å². The number of aromatic nitrogens is 3. The topological polar surface area (TPSA) is 59.8 Å². The van der Waals surface area contributed by atoms with Crippen molar-refractivity contribution in [1.82, 2.24) is 20.1 Å². The van der Waals surface area contributed by atoms with Gasteiger partial charge < -0.3 is 9.88 Å². The number of aryl methyl sites for hydroxylation is 1. The van der Waals surface area contributed by atoms with E-state index in [9.17, 15) is 18.0 Å². The molecule has 0 spiro atoms. The monoisotopic (exact) mass is 338 g/mol. The second kappa shape index (κ2) is 6.86. The van der Waals surface area contributed by atoms with Gasteiger partial charge in [-0.1, -0.05) is 12.1 Å². The van der Waals surface area contributed by atoms with Crippen LogP contribution in [0.15, 0.2) is 36.7 Å². The normalized spacial score (nSPS) is 13.7. The maximum absolute atomic E-state index is 12.5. The highest BCUT2D eigenvalue weighted by Crippen LogP contribution is 2.30. The minimum Gasteiger partial charge on any atom is -0.343 e. The predicted octanol–water partition coefficient (Wildman–Crippen LogP) is 3.11. The van der Waals surface area contributed by atoms with Gasteiger partial charge in [0, 0.05) is 13.1 Å². The van der Waals surface area contributed by atoms with E-state index in [4.69, 9.17) is 0 Å². The molecule has 1 heterocycles. The van der Waals surface area contributed by atoms with Gasteiger partial charge in [-0.25, -0.2) is 0 Å². The van der Waals surface area contributed by atoms with Crippen LogP contribution in [0.2, 0.25) is 0 Å². The number of halogens is 3. The van der Waals surface area contributed by atoms with Crippen molar-refractivity contribution < 1.29 is 18.0 Å². The number of amides is 1. The Hall–Kier alpha value is -2.64. The van der Waals surface area contributed by atoms with Crippen LogP contribution < -0.4 is 5.32 Å². The maximum Gasteiger partial charge on any atom is 0.416 e. The van der Waals surface area contributed by atoms with Gasteiger partial charge in [0.25, 0.3) is 0 Å². The number of nitrogens with one attached hydrogen (secondary N) is 1. The number of rotatable bonds is 4. The average Bonchev–Trinajstić information content (AvgIpc) is 2.92. The fraction of sp³-hybridized carbons (Fsp3) is 0.312. The molecule has 2 aromatic rings. The summed E-state index contributed by atoms with van der Waals surface area (Å²) < 4.78 is 39.3. The summed E-state index contributed by atoms with van der Waals surface area (Å²) in [6.45, 7) is 3.43. The molecule has 0 fully saturated rings. The van der Waals surface area contributed by atoms with Crippen molar-refractivity contribution in [3.05, 3.63) is 53.6 Å². The number of benzene rings is 1. The lowest BCUT2D eigenvalue weighted by atomic mass is 10.0. The van der Waals surface area contributed by atoms with Gasteiger partial charge in [0.05, 0.1) is 11.6 Å². The third-order valence-electron chi connectivity index (χ3n) is 3.51. The number of alkyl halides is 3. The van der Waals surface area contributed by atoms with Crippen molar-refractivity contribution in [2.75, 3.05) is 0 Å². The van der Waals surface area contributed by atoms with Gasteiger partial charge in [-0.05, 0) is 37.1 Å². The highest BCUT2D eigenvalue weighted by atomic mass is 19.4. The van der Waals surface area contributed by atoms with E-state index < -0.39 is 11.7 Å². The molecule has 0 radical (unpaired) electrons. The number of hydrogen-bond acceptors (Lipinski definition) is 3. The summed E-state index contributed by atoms with van der Waals surface area (Å²) in [5, 5.41) is 10.4. The van der Waals surface area contributed by atoms with Crippen molar-refractivity contribution >= 4 is 11.5 Å². The molecule has 1 amide bonds. The highest BCUT2D eigenvalue weighted by Gasteiger charge is 2.29. The predicted molar refractivity (Wildman–Crippen MR) is 82.7 cm³/mol. The molecule has 1 aromatic heterocycles. The summed E-state index contributed by atoms with van der Waals surface area (Å²) in [5.74, 6) is 0.242. The Morgan fingerprint density at radius 2 is 1.92 bits per heavy atom. The molecule has 128 valence electrons. The number of hydrogen-bond donors (Lipinski definition) is 1. The van der Waals surface area contributed by atoms with Crippen LogP contribution in [0.5, 0.6) is 0 Å². The van der Waals surface area contributed by atoms with E-state index in [0.717, 1.165) is 12.1 Å². The molecule has 8 heteroatoms. The van der Waals surface area contributed by atoms with Crippen LogP contribution in [0, 0.1) is 0 Å². The Bertz CT molecular complexity index is 747. The van der Waals surface area contributed by atoms with Crippen LogP contribution in [-0.2, 0) is 18.0 Å². The van der Waals surface area contributed by atoms with Gasteiger partial charge in [0.2, 0.25) is 5.91 Å². The molecule has 0 saturated carbocycles. The van der Waals surface area contributed by atoms with Crippen molar-refractivity contribution in [3.8, 4) is 0 Å². The third kappa shape index (κ3) is 4.21. The van der Waals surface area contributed by atoms with Crippen LogP contribution in [0.3, 0.4) is 0 Å². The Morgan fingerprint density at radius 1 is 1.29 bits per heavy atom. The van der Waals surface area contributed by atoms with Crippen molar-refractivity contribution in [2.45, 2.75) is 26.1 Å². The molecular formula is C16H17F3N4O. The maximum atomic E-state index is 12.5. The van der Waals surface area contributed by atoms with Crippen LogP contribution in [-0.4, -0.2) is 20.7 Å². The summed E-state index contributed by atoms with van der Waals surface area (Å²) in [5.41, 5.74) is 0.384. The zero-order valence-corrected chi connectivity index (χ0v) is 13.4. The van der Waals surface area contributed by atoms with E-state index in [1.54, 1.807) is 25.5 Å². The van der Waals surface area contributed by atoms with Gasteiger partial charge in [-0.15, -0.1) is 10.2 Å². The number of nitrogens with zero attached hydrogens (tertiary/aromatic N) is 3. The fourth-order valence-electron chi connectivity index (χ4n) is 2.21. The smallest absolute Gasteiger partial charge is 0.343 e. The number of carbonyl (C=O) groups excluding carboxylic acids is 1. The number of carbonyl (C=O) groups is 1. The standard InChI is InChI=1S/C16H17F3N4O/c1-10(12-4-6-13(7-5-12)16(17,18)19)8-14(24)21-11(2)15-22-20-9-23(15)3/h4-9,11H,1-3H3,(H,21,24)/b10-8+. The van der Waals surface area contributed by atoms with E-state index in [-0.39, 0.29) is 11.9 Å². The summed E-state index contributed by atoms with van der Waals surface area (Å²) in [7, 11) is 1.77. The van der Waals surface area contributed by atoms with E-state index in [0.29, 0.717) is 17.0 Å². The summed E-state index contributed by atoms with van der Waals surface area (Å²) >= 11 is 0. The zero-order valence-electron chi connectivity index (χ0n) is 13.4. The molecule has 1 N–H and O–H groups in total. The first-order valence-corrected chi connectivity index (χ1v) is 7.19. The van der Waals surface area contributed by atoms with Crippen molar-refractivity contribution in [3.63, 3.8) is 0 Å². The minimum atomic E-state index is -4.38. The highest BCUT2D eigenvalue weighted by molar-refractivity contribution is 5.95. The molecule has 5 nitrogen and oxygen atoms in total. The summed E-state index contributed by atoms with van der Waals surface area (Å²) in [6.07, 6.45) is -1.50. The lowest BCUT2D eigenvalue weighted by Crippen LogP contribution is -2.26. The molecule has 0 aliphatic carbocycles. The summed E-state index contributed by atoms with van der Waals surface area (Å²) in [4.78, 5) is 12.0. The lowest BCUT2D eigenvalue weighted by molar-refractivity contribution is -0.137. The lowest BCUT2D eigenvalue weighted by Gasteiger charge is -2.12. The largest absolute Gasteiger partial charge is 0.416 e. The van der Waals surface area contributed by atoms with Crippen LogP contribution >= 0.6 is 0 Å². The van der Waals surface area contributed by atoms with Crippen molar-refractivity contribution in [2.24, 2.45) is 7.05 Å². The Morgan fingerprint density at radius 3 is 2.42 bits per heavy atom. The first-order chi connectivity index (χ1) is 11.2. The van der Waals surface area contributed by atoms with Crippen LogP contribution in [0.25, 0.3) is 5.57 Å². The second-order valence-electron chi connectivity index (χ2n) is 5.43. The van der Waals surface area contributed by atoms with Gasteiger partial charge >= 0.3 is 6.18 Å². The molecule has 1 unspecified atom stereocenters. The van der Waals surface area contributed by atoms with E-state index in [2.05, 4.69) is 15.5 Å². The van der Waals surface area contributed by atoms with Gasteiger partial charge in [-0.2, -0.15) is 13.2 Å². The SMILES string of the molecule is C/C(=C\C(=O)NC(C)c1nncn1C)c1ccc(C(F)(F)F)cc1. The van der Waals surface area contributed by atoms with Gasteiger partial charge in [0.15, 0.2) is 5.82 Å². The van der Waals surface area contributed by atoms with E-state index in [1.165, 1.54) is 24.5 Å². The molecule has 0 bridgehead atoms. The minimum absolute atomic E-state index is 0.346. The molecule has 1 aromatic carbocycles. The Balaban J connectivity index is 2.07. The van der Waals surface area contributed by atoms with Gasteiger partial charge in [-0.3, -0.25) is 4.79 Å². The quantitative estimate of drug-likeness (QED) is 0.872. The second-order valence-corrected chi connectivity index (χ2v) is 5.43. The van der Waals surface area contributed by atoms with Crippen LogP contribution in [0.4, 0.5) is 13.2 Å². The molecule has 0 saturated heterocycles. The fourth-order valence-corrected chi connectivity index (χ4v) is 2.21. The summed E-state index contributed by atoms with van der Waals surface area (Å²) in [6, 6.07) is 4.32.